The molecule has 0 saturated carbocycles. The molecule has 226 valence electrons. The van der Waals surface area contributed by atoms with Crippen LogP contribution in [0.1, 0.15) is 27.0 Å². The summed E-state index contributed by atoms with van der Waals surface area (Å²) in [5.74, 6) is -0.690. The van der Waals surface area contributed by atoms with Crippen molar-refractivity contribution < 1.29 is 23.1 Å². The molecule has 4 aromatic carbocycles. The maximum Gasteiger partial charge on any atom is 0.337 e. The van der Waals surface area contributed by atoms with E-state index >= 15 is 0 Å². The number of nitrogens with one attached hydrogen (secondary N) is 1. The molecule has 10 heteroatoms. The van der Waals surface area contributed by atoms with Crippen molar-refractivity contribution in [2.45, 2.75) is 5.75 Å². The van der Waals surface area contributed by atoms with Crippen molar-refractivity contribution in [2.24, 2.45) is 4.99 Å². The zero-order chi connectivity index (χ0) is 31.3. The molecule has 0 aliphatic carbocycles. The van der Waals surface area contributed by atoms with Crippen LogP contribution in [0.5, 0.6) is 5.88 Å². The molecule has 0 fully saturated rings. The summed E-state index contributed by atoms with van der Waals surface area (Å²) in [7, 11) is 1.44. The van der Waals surface area contributed by atoms with Crippen molar-refractivity contribution in [3.8, 4) is 5.88 Å². The molecule has 0 aliphatic rings. The molecule has 0 aliphatic heterocycles. The third-order valence-corrected chi connectivity index (χ3v) is 8.90. The highest BCUT2D eigenvalue weighted by Gasteiger charge is 2.24. The molecule has 0 unspecified atom stereocenters. The number of fused-ring (bicyclic) bond motifs is 1. The lowest BCUT2D eigenvalue weighted by molar-refractivity contribution is 0.0601. The number of aromatic nitrogens is 1. The van der Waals surface area contributed by atoms with Crippen molar-refractivity contribution in [1.29, 1.82) is 0 Å². The van der Waals surface area contributed by atoms with Crippen LogP contribution in [0, 0.1) is 0 Å². The Labute approximate surface area is 257 Å². The number of aliphatic imine (C=N–C) groups is 1. The number of benzene rings is 4. The summed E-state index contributed by atoms with van der Waals surface area (Å²) in [6.45, 7) is 0.834. The number of H-pyrrole nitrogens is 1. The molecule has 0 radical (unpaired) electrons. The number of hydrogen-bond acceptors (Lipinski definition) is 7. The fourth-order valence-electron chi connectivity index (χ4n) is 4.93. The first-order chi connectivity index (χ1) is 21.2. The minimum atomic E-state index is -3.68. The van der Waals surface area contributed by atoms with E-state index in [9.17, 15) is 18.3 Å². The van der Waals surface area contributed by atoms with Gasteiger partial charge in [-0.25, -0.2) is 18.2 Å². The Balaban J connectivity index is 1.55. The number of carbonyl (C=O) groups excluding carboxylic acids is 1. The molecule has 1 heterocycles. The molecule has 0 bridgehead atoms. The van der Waals surface area contributed by atoms with Crippen LogP contribution in [0.25, 0.3) is 10.9 Å². The Morgan fingerprint density at radius 1 is 0.864 bits per heavy atom. The number of carbonyl (C=O) groups is 1. The minimum absolute atomic E-state index is 0.0943. The van der Waals surface area contributed by atoms with Gasteiger partial charge in [-0.15, -0.1) is 0 Å². The Kier molecular flexibility index (Phi) is 9.12. The fourth-order valence-corrected chi connectivity index (χ4v) is 6.51. The lowest BCUT2D eigenvalue weighted by Gasteiger charge is -2.26. The van der Waals surface area contributed by atoms with Crippen molar-refractivity contribution in [3.05, 3.63) is 125 Å². The summed E-state index contributed by atoms with van der Waals surface area (Å²) in [6.07, 6.45) is 0. The summed E-state index contributed by atoms with van der Waals surface area (Å²) in [6, 6.07) is 30.6. The largest absolute Gasteiger partial charge is 0.494 e. The van der Waals surface area contributed by atoms with Crippen LogP contribution in [0.3, 0.4) is 0 Å². The number of sulfonamides is 1. The second kappa shape index (κ2) is 13.2. The maximum atomic E-state index is 13.6. The molecular weight excluding hydrogens is 576 g/mol. The van der Waals surface area contributed by atoms with E-state index < -0.39 is 16.0 Å². The molecule has 0 spiro atoms. The van der Waals surface area contributed by atoms with E-state index in [1.807, 2.05) is 67.5 Å². The quantitative estimate of drug-likeness (QED) is 0.146. The SMILES string of the molecule is COC(=O)c1ccc2c(C(=Nc3ccc(N(CCN(C)C)S(=O)(=O)Cc4ccccc4)cc3)c3ccccc3)c(O)[nH]c2c1. The van der Waals surface area contributed by atoms with Crippen LogP contribution in [-0.4, -0.2) is 69.4 Å². The van der Waals surface area contributed by atoms with Crippen LogP contribution in [-0.2, 0) is 20.5 Å². The lowest BCUT2D eigenvalue weighted by atomic mass is 10.00. The highest BCUT2D eigenvalue weighted by molar-refractivity contribution is 7.92. The predicted octanol–water partition coefficient (Wildman–Crippen LogP) is 5.73. The van der Waals surface area contributed by atoms with Gasteiger partial charge in [0.1, 0.15) is 0 Å². The Morgan fingerprint density at radius 2 is 1.52 bits per heavy atom. The number of nitrogens with zero attached hydrogens (tertiary/aromatic N) is 3. The molecular formula is C34H34N4O5S. The monoisotopic (exact) mass is 610 g/mol. The van der Waals surface area contributed by atoms with Crippen LogP contribution in [0.4, 0.5) is 11.4 Å². The first-order valence-corrected chi connectivity index (χ1v) is 15.6. The standard InChI is InChI=1S/C34H34N4O5S/c1-37(2)20-21-38(44(41,42)23-24-10-6-4-7-11-24)28-17-15-27(16-18-28)35-32(25-12-8-5-9-13-25)31-29-19-14-26(34(40)43-3)22-30(29)36-33(31)39/h4-19,22,36,39H,20-21,23H2,1-3H3. The molecule has 1 aromatic heterocycles. The Bertz CT molecular complexity index is 1890. The second-order valence-electron chi connectivity index (χ2n) is 10.6. The van der Waals surface area contributed by atoms with Crippen LogP contribution >= 0.6 is 0 Å². The van der Waals surface area contributed by atoms with Crippen LogP contribution < -0.4 is 4.31 Å². The fraction of sp³-hybridized carbons (Fsp3) is 0.176. The maximum absolute atomic E-state index is 13.6. The topological polar surface area (TPSA) is 115 Å². The van der Waals surface area contributed by atoms with Gasteiger partial charge >= 0.3 is 5.97 Å². The highest BCUT2D eigenvalue weighted by Crippen LogP contribution is 2.33. The van der Waals surface area contributed by atoms with Gasteiger partial charge in [-0.2, -0.15) is 0 Å². The number of hydrogen-bond donors (Lipinski definition) is 2. The molecule has 9 nitrogen and oxygen atoms in total. The summed E-state index contributed by atoms with van der Waals surface area (Å²) in [5.41, 5.74) is 4.48. The molecule has 5 rings (SSSR count). The van der Waals surface area contributed by atoms with Gasteiger partial charge in [0.25, 0.3) is 0 Å². The predicted molar refractivity (Wildman–Crippen MR) is 174 cm³/mol. The molecule has 0 amide bonds. The van der Waals surface area contributed by atoms with E-state index in [4.69, 9.17) is 9.73 Å². The van der Waals surface area contributed by atoms with E-state index in [0.717, 1.165) is 5.56 Å². The van der Waals surface area contributed by atoms with Gasteiger partial charge in [0, 0.05) is 29.6 Å². The molecule has 0 saturated heterocycles. The van der Waals surface area contributed by atoms with E-state index in [-0.39, 0.29) is 18.2 Å². The smallest absolute Gasteiger partial charge is 0.337 e. The number of aromatic hydroxyl groups is 1. The zero-order valence-corrected chi connectivity index (χ0v) is 25.6. The van der Waals surface area contributed by atoms with Gasteiger partial charge < -0.3 is 19.7 Å². The number of methoxy groups -OCH3 is 1. The average molecular weight is 611 g/mol. The van der Waals surface area contributed by atoms with E-state index in [0.29, 0.717) is 51.2 Å². The Hall–Kier alpha value is -4.93. The normalized spacial score (nSPS) is 12.0. The summed E-state index contributed by atoms with van der Waals surface area (Å²) in [5, 5.41) is 11.7. The second-order valence-corrected chi connectivity index (χ2v) is 12.5. The van der Waals surface area contributed by atoms with Crippen molar-refractivity contribution >= 4 is 44.0 Å². The third-order valence-electron chi connectivity index (χ3n) is 7.14. The summed E-state index contributed by atoms with van der Waals surface area (Å²) < 4.78 is 33.4. The zero-order valence-electron chi connectivity index (χ0n) is 24.8. The molecule has 2 N–H and O–H groups in total. The Morgan fingerprint density at radius 3 is 2.16 bits per heavy atom. The number of ether oxygens (including phenoxy) is 1. The average Bonchev–Trinajstić information content (AvgIpc) is 3.35. The van der Waals surface area contributed by atoms with Crippen LogP contribution in [0.2, 0.25) is 0 Å². The van der Waals surface area contributed by atoms with E-state index in [2.05, 4.69) is 4.98 Å². The number of rotatable bonds is 11. The van der Waals surface area contributed by atoms with Crippen molar-refractivity contribution in [3.63, 3.8) is 0 Å². The highest BCUT2D eigenvalue weighted by atomic mass is 32.2. The first-order valence-electron chi connectivity index (χ1n) is 14.0. The van der Waals surface area contributed by atoms with Gasteiger partial charge in [0.15, 0.2) is 5.88 Å². The number of likely N-dealkylation sites (N-methyl/N-ethyl adjacent to an activating group) is 1. The van der Waals surface area contributed by atoms with Crippen molar-refractivity contribution in [1.82, 2.24) is 9.88 Å². The lowest BCUT2D eigenvalue weighted by Crippen LogP contribution is -2.37. The van der Waals surface area contributed by atoms with Gasteiger partial charge in [0.05, 0.1) is 41.1 Å². The summed E-state index contributed by atoms with van der Waals surface area (Å²) in [4.78, 5) is 21.9. The molecule has 5 aromatic rings. The number of anilines is 1. The van der Waals surface area contributed by atoms with Gasteiger partial charge in [0.2, 0.25) is 10.0 Å². The van der Waals surface area contributed by atoms with Crippen molar-refractivity contribution in [2.75, 3.05) is 38.6 Å². The molecule has 0 atom stereocenters. The van der Waals surface area contributed by atoms with E-state index in [1.54, 1.807) is 54.6 Å². The van der Waals surface area contributed by atoms with Gasteiger partial charge in [-0.3, -0.25) is 4.31 Å². The van der Waals surface area contributed by atoms with Gasteiger partial charge in [-0.1, -0.05) is 66.7 Å². The first kappa shape index (κ1) is 30.5. The van der Waals surface area contributed by atoms with Crippen LogP contribution in [0.15, 0.2) is 108 Å². The summed E-state index contributed by atoms with van der Waals surface area (Å²) >= 11 is 0. The van der Waals surface area contributed by atoms with Gasteiger partial charge in [-0.05, 0) is 56.1 Å². The van der Waals surface area contributed by atoms with E-state index in [1.165, 1.54) is 11.4 Å². The minimum Gasteiger partial charge on any atom is -0.494 e. The number of esters is 1. The molecule has 44 heavy (non-hydrogen) atoms. The third kappa shape index (κ3) is 6.82. The number of aromatic amines is 1.